The molecule has 1 saturated heterocycles. The van der Waals surface area contributed by atoms with Crippen molar-refractivity contribution in [1.82, 2.24) is 14.9 Å². The van der Waals surface area contributed by atoms with Gasteiger partial charge < -0.3 is 20.1 Å². The lowest BCUT2D eigenvalue weighted by Gasteiger charge is -2.19. The third-order valence-electron chi connectivity index (χ3n) is 6.57. The zero-order valence-electron chi connectivity index (χ0n) is 19.6. The van der Waals surface area contributed by atoms with Crippen molar-refractivity contribution in [1.29, 1.82) is 5.26 Å². The van der Waals surface area contributed by atoms with Crippen LogP contribution < -0.4 is 10.5 Å². The van der Waals surface area contributed by atoms with E-state index in [1.807, 2.05) is 13.1 Å². The van der Waals surface area contributed by atoms with Crippen LogP contribution in [0.15, 0.2) is 18.3 Å². The van der Waals surface area contributed by atoms with Gasteiger partial charge in [-0.05, 0) is 38.1 Å². The van der Waals surface area contributed by atoms with Gasteiger partial charge in [0, 0.05) is 41.2 Å². The largest absolute Gasteiger partial charge is 0.462 e. The van der Waals surface area contributed by atoms with E-state index in [9.17, 15) is 9.65 Å². The quantitative estimate of drug-likeness (QED) is 0.351. The second kappa shape index (κ2) is 9.75. The van der Waals surface area contributed by atoms with Crippen LogP contribution in [-0.4, -0.2) is 48.2 Å². The zero-order valence-corrected chi connectivity index (χ0v) is 21.1. The lowest BCUT2D eigenvalue weighted by Crippen LogP contribution is -2.30. The van der Waals surface area contributed by atoms with E-state index in [1.165, 1.54) is 25.4 Å². The molecule has 0 saturated carbocycles. The van der Waals surface area contributed by atoms with E-state index in [1.54, 1.807) is 0 Å². The summed E-state index contributed by atoms with van der Waals surface area (Å²) in [6.07, 6.45) is 3.55. The van der Waals surface area contributed by atoms with Crippen LogP contribution in [0.25, 0.3) is 32.1 Å². The number of methoxy groups -OCH3 is 1. The summed E-state index contributed by atoms with van der Waals surface area (Å²) in [6.45, 7) is 1.43. The van der Waals surface area contributed by atoms with Gasteiger partial charge in [0.05, 0.1) is 21.9 Å². The summed E-state index contributed by atoms with van der Waals surface area (Å²) in [5, 5.41) is 10.5. The molecule has 0 radical (unpaired) electrons. The van der Waals surface area contributed by atoms with Crippen molar-refractivity contribution >= 4 is 48.9 Å². The Hall–Kier alpha value is -3.10. The first-order valence-corrected chi connectivity index (χ1v) is 12.4. The van der Waals surface area contributed by atoms with E-state index in [0.29, 0.717) is 17.6 Å². The van der Waals surface area contributed by atoms with Crippen molar-refractivity contribution in [2.45, 2.75) is 25.5 Å². The molecule has 7 nitrogen and oxygen atoms in total. The van der Waals surface area contributed by atoms with Crippen LogP contribution in [0.5, 0.6) is 6.01 Å². The number of likely N-dealkylation sites (N-methyl/N-ethyl adjacent to an activating group) is 1. The van der Waals surface area contributed by atoms with Gasteiger partial charge in [0.2, 0.25) is 0 Å². The van der Waals surface area contributed by atoms with Crippen molar-refractivity contribution in [3.8, 4) is 23.2 Å². The van der Waals surface area contributed by atoms with Crippen molar-refractivity contribution < 1.29 is 18.3 Å². The van der Waals surface area contributed by atoms with E-state index < -0.39 is 11.6 Å². The lowest BCUT2D eigenvalue weighted by molar-refractivity contribution is 0.185. The molecule has 2 N–H and O–H groups in total. The number of anilines is 1. The minimum Gasteiger partial charge on any atom is -0.462 e. The van der Waals surface area contributed by atoms with Gasteiger partial charge in [0.1, 0.15) is 29.0 Å². The number of likely N-dealkylation sites (tertiary alicyclic amines) is 1. The van der Waals surface area contributed by atoms with Crippen LogP contribution in [0.4, 0.5) is 13.8 Å². The van der Waals surface area contributed by atoms with Crippen LogP contribution in [0.2, 0.25) is 5.02 Å². The fourth-order valence-electron chi connectivity index (χ4n) is 4.70. The van der Waals surface area contributed by atoms with Gasteiger partial charge in [-0.15, -0.1) is 11.3 Å². The maximum Gasteiger partial charge on any atom is 0.317 e. The van der Waals surface area contributed by atoms with Crippen molar-refractivity contribution in [3.05, 3.63) is 46.1 Å². The molecular formula is C25H22ClF2N5O2S. The summed E-state index contributed by atoms with van der Waals surface area (Å²) in [5.41, 5.74) is 6.73. The highest BCUT2D eigenvalue weighted by Crippen LogP contribution is 2.46. The summed E-state index contributed by atoms with van der Waals surface area (Å²) < 4.78 is 42.1. The minimum absolute atomic E-state index is 0.00888. The molecule has 186 valence electrons. The first-order valence-electron chi connectivity index (χ1n) is 11.2. The number of nitrogen functional groups attached to an aromatic ring is 1. The van der Waals surface area contributed by atoms with Crippen molar-refractivity contribution in [2.24, 2.45) is 0 Å². The molecule has 5 rings (SSSR count). The van der Waals surface area contributed by atoms with Crippen LogP contribution in [0.1, 0.15) is 24.0 Å². The number of halogens is 3. The SMILES string of the molecule is COCc1c(Cl)c(-c2ccc(F)c3sc(N)c(C#N)c23)c(F)c2nc(OC[C@@H]3CCCN3C)ncc12. The summed E-state index contributed by atoms with van der Waals surface area (Å²) in [5.74, 6) is -1.29. The number of benzene rings is 2. The number of hydrogen-bond acceptors (Lipinski definition) is 8. The highest BCUT2D eigenvalue weighted by molar-refractivity contribution is 7.23. The van der Waals surface area contributed by atoms with Gasteiger partial charge in [0.25, 0.3) is 0 Å². The molecule has 0 aliphatic carbocycles. The Morgan fingerprint density at radius 3 is 2.86 bits per heavy atom. The van der Waals surface area contributed by atoms with E-state index in [-0.39, 0.29) is 61.0 Å². The van der Waals surface area contributed by atoms with Crippen molar-refractivity contribution in [2.75, 3.05) is 33.0 Å². The van der Waals surface area contributed by atoms with Crippen LogP contribution in [-0.2, 0) is 11.3 Å². The highest BCUT2D eigenvalue weighted by Gasteiger charge is 2.27. The van der Waals surface area contributed by atoms with Crippen LogP contribution in [0, 0.1) is 23.0 Å². The van der Waals surface area contributed by atoms with Gasteiger partial charge in [-0.1, -0.05) is 17.7 Å². The lowest BCUT2D eigenvalue weighted by atomic mass is 9.95. The average Bonchev–Trinajstić information content (AvgIpc) is 3.44. The fourth-order valence-corrected chi connectivity index (χ4v) is 5.99. The number of thiophene rings is 1. The Labute approximate surface area is 215 Å². The van der Waals surface area contributed by atoms with Gasteiger partial charge in [-0.25, -0.2) is 13.8 Å². The second-order valence-electron chi connectivity index (χ2n) is 8.67. The predicted molar refractivity (Wildman–Crippen MR) is 136 cm³/mol. The molecule has 0 spiro atoms. The molecule has 0 amide bonds. The van der Waals surface area contributed by atoms with E-state index in [0.717, 1.165) is 30.7 Å². The normalized spacial score (nSPS) is 16.2. The Morgan fingerprint density at radius 1 is 1.36 bits per heavy atom. The molecule has 36 heavy (non-hydrogen) atoms. The van der Waals surface area contributed by atoms with Crippen LogP contribution >= 0.6 is 22.9 Å². The molecule has 1 fully saturated rings. The molecule has 2 aromatic heterocycles. The average molecular weight is 530 g/mol. The Morgan fingerprint density at radius 2 is 2.17 bits per heavy atom. The molecule has 4 aromatic rings. The number of rotatable bonds is 6. The predicted octanol–water partition coefficient (Wildman–Crippen LogP) is 5.52. The number of fused-ring (bicyclic) bond motifs is 2. The standard InChI is InChI=1S/C25H22ClF2N5O2S/c1-33-7-3-4-12(33)10-35-25-31-9-15-16(11-34-2)20(26)19(21(28)22(15)32-25)13-5-6-17(27)23-18(13)14(8-29)24(30)36-23/h5-6,9,12H,3-4,7,10-11,30H2,1-2H3/t12-/m0/s1. The number of nitriles is 1. The molecule has 0 unspecified atom stereocenters. The monoisotopic (exact) mass is 529 g/mol. The molecule has 1 aliphatic heterocycles. The first-order chi connectivity index (χ1) is 17.3. The number of ether oxygens (including phenoxy) is 2. The third-order valence-corrected chi connectivity index (χ3v) is 8.01. The third kappa shape index (κ3) is 4.02. The summed E-state index contributed by atoms with van der Waals surface area (Å²) in [6, 6.07) is 4.88. The number of aromatic nitrogens is 2. The van der Waals surface area contributed by atoms with Gasteiger partial charge in [-0.3, -0.25) is 0 Å². The second-order valence-corrected chi connectivity index (χ2v) is 10.1. The van der Waals surface area contributed by atoms with E-state index >= 15 is 4.39 Å². The van der Waals surface area contributed by atoms with E-state index in [2.05, 4.69) is 14.9 Å². The first kappa shape index (κ1) is 24.6. The molecule has 11 heteroatoms. The summed E-state index contributed by atoms with van der Waals surface area (Å²) in [4.78, 5) is 10.9. The highest BCUT2D eigenvalue weighted by atomic mass is 35.5. The maximum absolute atomic E-state index is 16.2. The van der Waals surface area contributed by atoms with Gasteiger partial charge >= 0.3 is 6.01 Å². The number of nitrogens with zero attached hydrogens (tertiary/aromatic N) is 4. The van der Waals surface area contributed by atoms with E-state index in [4.69, 9.17) is 26.8 Å². The summed E-state index contributed by atoms with van der Waals surface area (Å²) >= 11 is 7.67. The molecular weight excluding hydrogens is 508 g/mol. The Kier molecular flexibility index (Phi) is 6.66. The van der Waals surface area contributed by atoms with Gasteiger partial charge in [0.15, 0.2) is 5.82 Å². The Balaban J connectivity index is 1.72. The van der Waals surface area contributed by atoms with Gasteiger partial charge in [-0.2, -0.15) is 10.2 Å². The molecule has 1 aliphatic rings. The number of nitrogens with two attached hydrogens (primary N) is 1. The van der Waals surface area contributed by atoms with Crippen LogP contribution in [0.3, 0.4) is 0 Å². The molecule has 1 atom stereocenters. The minimum atomic E-state index is -0.735. The smallest absolute Gasteiger partial charge is 0.317 e. The van der Waals surface area contributed by atoms with Crippen molar-refractivity contribution in [3.63, 3.8) is 0 Å². The molecule has 2 aromatic carbocycles. The maximum atomic E-state index is 16.2. The molecule has 0 bridgehead atoms. The Bertz CT molecular complexity index is 1540. The zero-order chi connectivity index (χ0) is 25.6. The topological polar surface area (TPSA) is 97.3 Å². The molecule has 3 heterocycles. The fraction of sp³-hybridized carbons (Fsp3) is 0.320. The summed E-state index contributed by atoms with van der Waals surface area (Å²) in [7, 11) is 3.52. The number of hydrogen-bond donors (Lipinski definition) is 1.